The molecule has 0 spiro atoms. The molecule has 0 saturated carbocycles. The fourth-order valence-electron chi connectivity index (χ4n) is 1.94. The first-order valence-corrected chi connectivity index (χ1v) is 7.00. The van der Waals surface area contributed by atoms with Gasteiger partial charge in [0.25, 0.3) is 0 Å². The van der Waals surface area contributed by atoms with Crippen LogP contribution in [0.15, 0.2) is 28.3 Å². The normalized spacial score (nSPS) is 16.2. The molecule has 0 aromatic heterocycles. The molecular weight excluding hydrogens is 300 g/mol. The lowest BCUT2D eigenvalue weighted by Crippen LogP contribution is -2.28. The van der Waals surface area contributed by atoms with Crippen molar-refractivity contribution in [3.05, 3.63) is 23.8 Å². The summed E-state index contributed by atoms with van der Waals surface area (Å²) in [6.07, 6.45) is 5.05. The number of amidine groups is 1. The van der Waals surface area contributed by atoms with Crippen LogP contribution >= 0.6 is 0 Å². The third kappa shape index (κ3) is 3.93. The fraction of sp³-hybridized carbons (Fsp3) is 0.267. The van der Waals surface area contributed by atoms with Gasteiger partial charge in [-0.25, -0.2) is 10.0 Å². The molecule has 1 heterocycles. The van der Waals surface area contributed by atoms with Crippen LogP contribution in [0.5, 0.6) is 11.5 Å². The van der Waals surface area contributed by atoms with Crippen LogP contribution in [-0.2, 0) is 0 Å². The minimum absolute atomic E-state index is 0.000761. The summed E-state index contributed by atoms with van der Waals surface area (Å²) in [6.45, 7) is 0.0366. The summed E-state index contributed by atoms with van der Waals surface area (Å²) in [6, 6.07) is 2.64. The lowest BCUT2D eigenvalue weighted by molar-refractivity contribution is 0.255. The number of aliphatic hydroxyl groups excluding tert-OH is 2. The molecule has 0 atom stereocenters. The molecule has 0 fully saturated rings. The molecule has 1 aliphatic heterocycles. The van der Waals surface area contributed by atoms with E-state index in [9.17, 15) is 10.2 Å². The van der Waals surface area contributed by atoms with Gasteiger partial charge in [-0.2, -0.15) is 5.10 Å². The highest BCUT2D eigenvalue weighted by molar-refractivity contribution is 6.63. The van der Waals surface area contributed by atoms with Crippen molar-refractivity contribution in [3.8, 4) is 11.5 Å². The number of β-amino-alcohol motifs (C(OH)–C–C–N with tert-alkyl or cyclic N) is 1. The number of nitrogens with zero attached hydrogens (tertiary/aromatic N) is 3. The van der Waals surface area contributed by atoms with Gasteiger partial charge in [0.1, 0.15) is 22.9 Å². The number of rotatable bonds is 6. The number of nitrogens with one attached hydrogen (secondary N) is 1. The molecule has 0 saturated heterocycles. The van der Waals surface area contributed by atoms with E-state index in [0.29, 0.717) is 12.0 Å². The maximum absolute atomic E-state index is 10.0. The number of hydrogen-bond donors (Lipinski definition) is 5. The molecule has 5 N–H and O–H groups in total. The van der Waals surface area contributed by atoms with Crippen molar-refractivity contribution < 1.29 is 20.4 Å². The molecule has 8 nitrogen and oxygen atoms in total. The molecule has 1 aromatic carbocycles. The van der Waals surface area contributed by atoms with E-state index in [4.69, 9.17) is 15.6 Å². The van der Waals surface area contributed by atoms with Crippen molar-refractivity contribution in [1.82, 2.24) is 5.01 Å². The van der Waals surface area contributed by atoms with Crippen LogP contribution in [0, 0.1) is 5.41 Å². The van der Waals surface area contributed by atoms with E-state index in [0.717, 1.165) is 0 Å². The molecule has 122 valence electrons. The van der Waals surface area contributed by atoms with Crippen molar-refractivity contribution in [2.75, 3.05) is 19.8 Å². The minimum Gasteiger partial charge on any atom is -0.507 e. The Morgan fingerprint density at radius 2 is 1.96 bits per heavy atom. The molecule has 0 amide bonds. The second-order valence-electron chi connectivity index (χ2n) is 4.75. The van der Waals surface area contributed by atoms with Gasteiger partial charge in [0.05, 0.1) is 19.4 Å². The van der Waals surface area contributed by atoms with Gasteiger partial charge in [-0.05, 0) is 12.5 Å². The predicted octanol–water partition coefficient (Wildman–Crippen LogP) is 0.837. The van der Waals surface area contributed by atoms with Gasteiger partial charge in [0.2, 0.25) is 0 Å². The number of aliphatic hydroxyl groups is 2. The average molecular weight is 318 g/mol. The molecule has 23 heavy (non-hydrogen) atoms. The number of benzene rings is 1. The molecule has 8 heteroatoms. The first-order valence-electron chi connectivity index (χ1n) is 7.00. The van der Waals surface area contributed by atoms with Crippen LogP contribution in [-0.4, -0.2) is 63.0 Å². The SMILES string of the molecule is N=C1C(=Nc2cc(O)c(/C=C\CCO)cc2O)C=NN1CCO. The van der Waals surface area contributed by atoms with Crippen LogP contribution in [0.1, 0.15) is 12.0 Å². The highest BCUT2D eigenvalue weighted by Gasteiger charge is 2.20. The van der Waals surface area contributed by atoms with Crippen LogP contribution in [0.4, 0.5) is 5.69 Å². The van der Waals surface area contributed by atoms with Gasteiger partial charge in [-0.3, -0.25) is 5.41 Å². The highest BCUT2D eigenvalue weighted by atomic mass is 16.3. The number of aromatic hydroxyl groups is 2. The summed E-state index contributed by atoms with van der Waals surface area (Å²) in [5.41, 5.74) is 0.729. The molecule has 2 rings (SSSR count). The quantitative estimate of drug-likeness (QED) is 0.496. The summed E-state index contributed by atoms with van der Waals surface area (Å²) in [5, 5.41) is 50.7. The van der Waals surface area contributed by atoms with E-state index in [1.165, 1.54) is 23.4 Å². The van der Waals surface area contributed by atoms with Gasteiger partial charge < -0.3 is 20.4 Å². The zero-order valence-electron chi connectivity index (χ0n) is 12.3. The third-order valence-corrected chi connectivity index (χ3v) is 3.09. The Hall–Kier alpha value is -2.71. The van der Waals surface area contributed by atoms with Crippen LogP contribution in [0.2, 0.25) is 0 Å². The molecule has 0 radical (unpaired) electrons. The number of phenols is 2. The van der Waals surface area contributed by atoms with Gasteiger partial charge in [0, 0.05) is 18.2 Å². The number of aliphatic imine (C=N–C) groups is 1. The molecular formula is C15H18N4O4. The summed E-state index contributed by atoms with van der Waals surface area (Å²) in [7, 11) is 0. The Labute approximate surface area is 132 Å². The standard InChI is InChI=1S/C15H18N4O4/c16-15-12(9-17-19(15)4-6-21)18-11-8-13(22)10(7-14(11)23)3-1-2-5-20/h1,3,7-9,16,20-23H,2,4-6H2/b3-1-,16-15?,18-12?. The smallest absolute Gasteiger partial charge is 0.169 e. The van der Waals surface area contributed by atoms with Crippen molar-refractivity contribution in [1.29, 1.82) is 5.41 Å². The van der Waals surface area contributed by atoms with E-state index in [1.807, 2.05) is 0 Å². The Morgan fingerprint density at radius 3 is 2.65 bits per heavy atom. The Kier molecular flexibility index (Phi) is 5.45. The first-order chi connectivity index (χ1) is 11.1. The van der Waals surface area contributed by atoms with Gasteiger partial charge in [-0.1, -0.05) is 12.2 Å². The second kappa shape index (κ2) is 7.52. The Balaban J connectivity index is 2.25. The topological polar surface area (TPSA) is 133 Å². The zero-order chi connectivity index (χ0) is 16.8. The van der Waals surface area contributed by atoms with Crippen LogP contribution in [0.25, 0.3) is 6.08 Å². The lowest BCUT2D eigenvalue weighted by atomic mass is 10.1. The monoisotopic (exact) mass is 318 g/mol. The van der Waals surface area contributed by atoms with E-state index in [2.05, 4.69) is 10.1 Å². The van der Waals surface area contributed by atoms with Crippen LogP contribution in [0.3, 0.4) is 0 Å². The second-order valence-corrected chi connectivity index (χ2v) is 4.75. The number of hydrogen-bond acceptors (Lipinski definition) is 7. The highest BCUT2D eigenvalue weighted by Crippen LogP contribution is 2.34. The maximum Gasteiger partial charge on any atom is 0.169 e. The zero-order valence-corrected chi connectivity index (χ0v) is 12.3. The largest absolute Gasteiger partial charge is 0.507 e. The van der Waals surface area contributed by atoms with Gasteiger partial charge in [-0.15, -0.1) is 0 Å². The van der Waals surface area contributed by atoms with Crippen molar-refractivity contribution in [2.24, 2.45) is 10.1 Å². The molecule has 1 aromatic rings. The average Bonchev–Trinajstić information content (AvgIpc) is 2.86. The van der Waals surface area contributed by atoms with E-state index in [1.54, 1.807) is 12.2 Å². The van der Waals surface area contributed by atoms with E-state index in [-0.39, 0.29) is 48.5 Å². The molecule has 1 aliphatic rings. The summed E-state index contributed by atoms with van der Waals surface area (Å²) in [4.78, 5) is 4.11. The maximum atomic E-state index is 10.0. The number of phenolic OH excluding ortho intramolecular Hbond substituents is 2. The third-order valence-electron chi connectivity index (χ3n) is 3.09. The predicted molar refractivity (Wildman–Crippen MR) is 87.6 cm³/mol. The minimum atomic E-state index is -0.152. The lowest BCUT2D eigenvalue weighted by Gasteiger charge is -2.11. The number of hydrazone groups is 1. The van der Waals surface area contributed by atoms with E-state index < -0.39 is 0 Å². The van der Waals surface area contributed by atoms with Crippen molar-refractivity contribution >= 4 is 29.5 Å². The van der Waals surface area contributed by atoms with Crippen molar-refractivity contribution in [2.45, 2.75) is 6.42 Å². The summed E-state index contributed by atoms with van der Waals surface area (Å²) >= 11 is 0. The van der Waals surface area contributed by atoms with E-state index >= 15 is 0 Å². The van der Waals surface area contributed by atoms with Gasteiger partial charge >= 0.3 is 0 Å². The first kappa shape index (κ1) is 16.7. The summed E-state index contributed by atoms with van der Waals surface area (Å²) in [5.74, 6) is -0.226. The molecule has 0 unspecified atom stereocenters. The van der Waals surface area contributed by atoms with Crippen LogP contribution < -0.4 is 0 Å². The molecule has 0 bridgehead atoms. The molecule has 0 aliphatic carbocycles. The fourth-order valence-corrected chi connectivity index (χ4v) is 1.94. The van der Waals surface area contributed by atoms with Crippen molar-refractivity contribution in [3.63, 3.8) is 0 Å². The Morgan fingerprint density at radius 1 is 1.17 bits per heavy atom. The van der Waals surface area contributed by atoms with Gasteiger partial charge in [0.15, 0.2) is 5.84 Å². The Bertz CT molecular complexity index is 682. The summed E-state index contributed by atoms with van der Waals surface area (Å²) < 4.78 is 0.